The number of aliphatic hydroxyl groups excluding tert-OH is 1. The maximum atomic E-state index is 12.7. The van der Waals surface area contributed by atoms with Crippen LogP contribution in [0.3, 0.4) is 0 Å². The van der Waals surface area contributed by atoms with Crippen molar-refractivity contribution in [3.05, 3.63) is 29.8 Å². The van der Waals surface area contributed by atoms with Crippen molar-refractivity contribution in [1.29, 1.82) is 0 Å². The molecule has 10 heteroatoms. The summed E-state index contributed by atoms with van der Waals surface area (Å²) in [5, 5.41) is 12.6. The van der Waals surface area contributed by atoms with Gasteiger partial charge >= 0.3 is 0 Å². The van der Waals surface area contributed by atoms with Crippen molar-refractivity contribution in [3.8, 4) is 0 Å². The first kappa shape index (κ1) is 24.1. The minimum absolute atomic E-state index is 0.0276. The minimum Gasteiger partial charge on any atom is -0.394 e. The van der Waals surface area contributed by atoms with E-state index >= 15 is 0 Å². The Hall–Kier alpha value is -1.56. The molecule has 2 saturated heterocycles. The lowest BCUT2D eigenvalue weighted by atomic mass is 9.98. The largest absolute Gasteiger partial charge is 0.394 e. The molecule has 2 fully saturated rings. The number of carbonyl (C=O) groups is 1. The predicted octanol–water partition coefficient (Wildman–Crippen LogP) is 0.0203. The number of morpholine rings is 1. The fourth-order valence-electron chi connectivity index (χ4n) is 3.85. The molecule has 9 nitrogen and oxygen atoms in total. The van der Waals surface area contributed by atoms with E-state index in [-0.39, 0.29) is 23.5 Å². The highest BCUT2D eigenvalue weighted by Gasteiger charge is 2.33. The second-order valence-electron chi connectivity index (χ2n) is 8.12. The van der Waals surface area contributed by atoms with Crippen molar-refractivity contribution >= 4 is 15.9 Å². The van der Waals surface area contributed by atoms with E-state index in [1.165, 1.54) is 0 Å². The van der Waals surface area contributed by atoms with Crippen molar-refractivity contribution in [3.63, 3.8) is 0 Å². The standard InChI is InChI=1S/C21H33N3O6S/c1-16-2-5-18(6-3-16)31(27,28)23-19-7-4-17(30-20(19)15-25)8-9-22-21(26)14-24-10-12-29-13-11-24/h2-3,5-6,17,19-20,23,25H,4,7-15H2,1H3,(H,22,26)/t17-,19+,20+/m0/s1. The molecule has 0 unspecified atom stereocenters. The lowest BCUT2D eigenvalue weighted by Crippen LogP contribution is -2.51. The minimum atomic E-state index is -3.69. The van der Waals surface area contributed by atoms with Gasteiger partial charge in [0.1, 0.15) is 0 Å². The van der Waals surface area contributed by atoms with Gasteiger partial charge in [-0.3, -0.25) is 9.69 Å². The van der Waals surface area contributed by atoms with Gasteiger partial charge in [-0.25, -0.2) is 13.1 Å². The van der Waals surface area contributed by atoms with Gasteiger partial charge < -0.3 is 19.9 Å². The maximum Gasteiger partial charge on any atom is 0.240 e. The molecule has 174 valence electrons. The van der Waals surface area contributed by atoms with Crippen molar-refractivity contribution in [1.82, 2.24) is 14.9 Å². The summed E-state index contributed by atoms with van der Waals surface area (Å²) in [6.07, 6.45) is 1.06. The average Bonchev–Trinajstić information content (AvgIpc) is 2.75. The third kappa shape index (κ3) is 7.23. The number of rotatable bonds is 9. The van der Waals surface area contributed by atoms with Crippen LogP contribution in [0.5, 0.6) is 0 Å². The summed E-state index contributed by atoms with van der Waals surface area (Å²) in [6.45, 7) is 5.28. The molecule has 1 amide bonds. The third-order valence-electron chi connectivity index (χ3n) is 5.69. The second kappa shape index (κ2) is 11.3. The predicted molar refractivity (Wildman–Crippen MR) is 115 cm³/mol. The van der Waals surface area contributed by atoms with Crippen LogP contribution >= 0.6 is 0 Å². The lowest BCUT2D eigenvalue weighted by Gasteiger charge is -2.36. The van der Waals surface area contributed by atoms with E-state index in [4.69, 9.17) is 9.47 Å². The number of carbonyl (C=O) groups excluding carboxylic acids is 1. The molecule has 2 heterocycles. The zero-order valence-electron chi connectivity index (χ0n) is 18.0. The van der Waals surface area contributed by atoms with Crippen molar-refractivity contribution in [2.24, 2.45) is 0 Å². The summed E-state index contributed by atoms with van der Waals surface area (Å²) in [7, 11) is -3.69. The molecule has 3 N–H and O–H groups in total. The summed E-state index contributed by atoms with van der Waals surface area (Å²) in [5.74, 6) is -0.0276. The molecule has 0 radical (unpaired) electrons. The van der Waals surface area contributed by atoms with Crippen molar-refractivity contribution in [2.75, 3.05) is 46.0 Å². The number of aliphatic hydroxyl groups is 1. The number of benzene rings is 1. The molecular weight excluding hydrogens is 422 g/mol. The number of aryl methyl sites for hydroxylation is 1. The van der Waals surface area contributed by atoms with Crippen LogP contribution in [0.4, 0.5) is 0 Å². The zero-order chi connectivity index (χ0) is 22.3. The van der Waals surface area contributed by atoms with Crippen LogP contribution in [0, 0.1) is 6.92 Å². The van der Waals surface area contributed by atoms with Gasteiger partial charge in [-0.1, -0.05) is 17.7 Å². The Kier molecular flexibility index (Phi) is 8.82. The molecule has 2 aliphatic heterocycles. The maximum absolute atomic E-state index is 12.7. The van der Waals surface area contributed by atoms with E-state index in [2.05, 4.69) is 14.9 Å². The van der Waals surface area contributed by atoms with Gasteiger partial charge in [0.05, 0.1) is 49.5 Å². The Morgan fingerprint density at radius 2 is 1.90 bits per heavy atom. The van der Waals surface area contributed by atoms with Crippen LogP contribution in [0.2, 0.25) is 0 Å². The SMILES string of the molecule is Cc1ccc(S(=O)(=O)N[C@@H]2CC[C@@H](CCNC(=O)CN3CCOCC3)O[C@@H]2CO)cc1. The van der Waals surface area contributed by atoms with E-state index < -0.39 is 22.2 Å². The second-order valence-corrected chi connectivity index (χ2v) is 9.84. The summed E-state index contributed by atoms with van der Waals surface area (Å²) >= 11 is 0. The number of hydrogen-bond donors (Lipinski definition) is 3. The van der Waals surface area contributed by atoms with E-state index in [0.29, 0.717) is 45.6 Å². The van der Waals surface area contributed by atoms with Gasteiger partial charge in [0, 0.05) is 19.6 Å². The van der Waals surface area contributed by atoms with Gasteiger partial charge in [-0.2, -0.15) is 0 Å². The number of sulfonamides is 1. The normalized spacial score (nSPS) is 25.3. The van der Waals surface area contributed by atoms with Gasteiger partial charge in [0.15, 0.2) is 0 Å². The molecule has 1 aromatic carbocycles. The molecule has 0 aromatic heterocycles. The Morgan fingerprint density at radius 1 is 1.19 bits per heavy atom. The number of ether oxygens (including phenoxy) is 2. The number of nitrogens with zero attached hydrogens (tertiary/aromatic N) is 1. The van der Waals surface area contributed by atoms with Crippen LogP contribution in [0.25, 0.3) is 0 Å². The van der Waals surface area contributed by atoms with E-state index in [1.54, 1.807) is 24.3 Å². The smallest absolute Gasteiger partial charge is 0.240 e. The Morgan fingerprint density at radius 3 is 2.58 bits per heavy atom. The number of nitrogens with one attached hydrogen (secondary N) is 2. The number of hydrogen-bond acceptors (Lipinski definition) is 7. The first-order valence-electron chi connectivity index (χ1n) is 10.8. The average molecular weight is 456 g/mol. The Balaban J connectivity index is 1.43. The van der Waals surface area contributed by atoms with Crippen LogP contribution in [0.15, 0.2) is 29.2 Å². The van der Waals surface area contributed by atoms with E-state index in [9.17, 15) is 18.3 Å². The van der Waals surface area contributed by atoms with Gasteiger partial charge in [-0.15, -0.1) is 0 Å². The number of amides is 1. The lowest BCUT2D eigenvalue weighted by molar-refractivity contribution is -0.123. The van der Waals surface area contributed by atoms with Crippen molar-refractivity contribution in [2.45, 2.75) is 49.3 Å². The molecule has 0 spiro atoms. The van der Waals surface area contributed by atoms with Crippen LogP contribution in [-0.4, -0.2) is 88.6 Å². The zero-order valence-corrected chi connectivity index (χ0v) is 18.8. The van der Waals surface area contributed by atoms with Crippen molar-refractivity contribution < 1.29 is 27.8 Å². The first-order valence-corrected chi connectivity index (χ1v) is 12.3. The quantitative estimate of drug-likeness (QED) is 0.481. The summed E-state index contributed by atoms with van der Waals surface area (Å²) in [6, 6.07) is 6.14. The first-order chi connectivity index (χ1) is 14.9. The fraction of sp³-hybridized carbons (Fsp3) is 0.667. The highest BCUT2D eigenvalue weighted by atomic mass is 32.2. The highest BCUT2D eigenvalue weighted by molar-refractivity contribution is 7.89. The van der Waals surface area contributed by atoms with Gasteiger partial charge in [-0.05, 0) is 38.3 Å². The molecule has 0 bridgehead atoms. The molecular formula is C21H33N3O6S. The molecule has 0 saturated carbocycles. The summed E-state index contributed by atoms with van der Waals surface area (Å²) < 4.78 is 39.2. The summed E-state index contributed by atoms with van der Waals surface area (Å²) in [5.41, 5.74) is 0.980. The van der Waals surface area contributed by atoms with Crippen LogP contribution < -0.4 is 10.0 Å². The van der Waals surface area contributed by atoms with E-state index in [0.717, 1.165) is 18.7 Å². The monoisotopic (exact) mass is 455 g/mol. The molecule has 2 aliphatic rings. The molecule has 3 rings (SSSR count). The fourth-order valence-corrected chi connectivity index (χ4v) is 5.15. The molecule has 0 aliphatic carbocycles. The molecule has 1 aromatic rings. The van der Waals surface area contributed by atoms with Crippen LogP contribution in [0.1, 0.15) is 24.8 Å². The molecule has 31 heavy (non-hydrogen) atoms. The Bertz CT molecular complexity index is 811. The Labute approximate surface area is 184 Å². The molecule has 3 atom stereocenters. The summed E-state index contributed by atoms with van der Waals surface area (Å²) in [4.78, 5) is 14.3. The van der Waals surface area contributed by atoms with Gasteiger partial charge in [0.2, 0.25) is 15.9 Å². The van der Waals surface area contributed by atoms with E-state index in [1.807, 2.05) is 6.92 Å². The highest BCUT2D eigenvalue weighted by Crippen LogP contribution is 2.23. The topological polar surface area (TPSA) is 117 Å². The van der Waals surface area contributed by atoms with Crippen LogP contribution in [-0.2, 0) is 24.3 Å². The third-order valence-corrected chi connectivity index (χ3v) is 7.20. The van der Waals surface area contributed by atoms with Gasteiger partial charge in [0.25, 0.3) is 0 Å².